The average molecular weight is 352 g/mol. The van der Waals surface area contributed by atoms with Crippen LogP contribution in [0, 0.1) is 28.6 Å². The molecule has 0 spiro atoms. The van der Waals surface area contributed by atoms with Crippen LogP contribution < -0.4 is 0 Å². The first-order chi connectivity index (χ1) is 13.3. The van der Waals surface area contributed by atoms with Crippen LogP contribution in [0.25, 0.3) is 5.57 Å². The van der Waals surface area contributed by atoms with Crippen molar-refractivity contribution in [2.75, 3.05) is 0 Å². The maximum Gasteiger partial charge on any atom is 0.0577 e. The number of aliphatic hydroxyl groups is 1. The van der Waals surface area contributed by atoms with Crippen molar-refractivity contribution < 1.29 is 7.85 Å². The molecule has 2 fully saturated rings. The number of pyridine rings is 1. The monoisotopic (exact) mass is 351 g/mol. The summed E-state index contributed by atoms with van der Waals surface area (Å²) < 4.78 is 17.1. The van der Waals surface area contributed by atoms with E-state index in [4.69, 9.17) is 2.74 Å². The van der Waals surface area contributed by atoms with Gasteiger partial charge in [0.05, 0.1) is 6.10 Å². The van der Waals surface area contributed by atoms with Crippen molar-refractivity contribution in [3.63, 3.8) is 0 Å². The van der Waals surface area contributed by atoms with Crippen LogP contribution >= 0.6 is 0 Å². The number of hydrogen-bond acceptors (Lipinski definition) is 2. The molecular weight excluding hydrogens is 318 g/mol. The Morgan fingerprint density at radius 2 is 1.96 bits per heavy atom. The third-order valence-electron chi connectivity index (χ3n) is 8.28. The quantitative estimate of drug-likeness (QED) is 0.687. The molecule has 26 heavy (non-hydrogen) atoms. The summed E-state index contributed by atoms with van der Waals surface area (Å²) >= 11 is 0. The molecule has 0 radical (unpaired) electrons. The number of aromatic nitrogens is 1. The number of nitrogens with zero attached hydrogens (tertiary/aromatic N) is 1. The summed E-state index contributed by atoms with van der Waals surface area (Å²) in [4.78, 5) is 4.35. The van der Waals surface area contributed by atoms with E-state index in [1.165, 1.54) is 11.1 Å². The molecule has 138 valence electrons. The van der Waals surface area contributed by atoms with Crippen molar-refractivity contribution in [3.8, 4) is 0 Å². The fourth-order valence-corrected chi connectivity index (χ4v) is 6.86. The van der Waals surface area contributed by atoms with Gasteiger partial charge in [-0.1, -0.05) is 37.6 Å². The lowest BCUT2D eigenvalue weighted by molar-refractivity contribution is -0.0238. The van der Waals surface area contributed by atoms with Crippen molar-refractivity contribution in [2.24, 2.45) is 28.6 Å². The van der Waals surface area contributed by atoms with Gasteiger partial charge in [0.1, 0.15) is 0 Å². The maximum atomic E-state index is 10.3. The smallest absolute Gasteiger partial charge is 0.0577 e. The predicted octanol–water partition coefficient (Wildman–Crippen LogP) is 5.40. The standard InChI is InChI=1S/C24H31NO/c1-23-11-9-18(26)14-17(23)5-6-19-21-8-7-20(16-4-3-13-25-15-16)24(21,2)12-10-22(19)23/h3-5,7,13,15,18-19,21-22,26H,6,8-12,14H2,1-2H3/t18-,19?,21?,22?,23-,24+/m0/s1/i14D2. The lowest BCUT2D eigenvalue weighted by atomic mass is 9.47. The number of allylic oxidation sites excluding steroid dienone is 3. The Morgan fingerprint density at radius 3 is 2.77 bits per heavy atom. The molecule has 4 aliphatic rings. The van der Waals surface area contributed by atoms with Crippen LogP contribution in [0.2, 0.25) is 0 Å². The topological polar surface area (TPSA) is 33.1 Å². The fourth-order valence-electron chi connectivity index (χ4n) is 6.86. The molecular formula is C24H31NO. The summed E-state index contributed by atoms with van der Waals surface area (Å²) in [6, 6.07) is 4.22. The molecule has 2 saturated carbocycles. The Kier molecular flexibility index (Phi) is 3.26. The molecule has 5 rings (SSSR count). The van der Waals surface area contributed by atoms with E-state index in [2.05, 4.69) is 37.0 Å². The van der Waals surface area contributed by atoms with Crippen LogP contribution in [0.3, 0.4) is 0 Å². The zero-order valence-electron chi connectivity index (χ0n) is 17.9. The van der Waals surface area contributed by atoms with Gasteiger partial charge in [0.2, 0.25) is 0 Å². The maximum absolute atomic E-state index is 10.3. The van der Waals surface area contributed by atoms with Gasteiger partial charge < -0.3 is 5.11 Å². The van der Waals surface area contributed by atoms with E-state index in [0.717, 1.165) is 37.7 Å². The second-order valence-electron chi connectivity index (χ2n) is 9.40. The number of rotatable bonds is 1. The van der Waals surface area contributed by atoms with E-state index >= 15 is 0 Å². The highest BCUT2D eigenvalue weighted by atomic mass is 16.3. The van der Waals surface area contributed by atoms with Gasteiger partial charge in [0, 0.05) is 15.1 Å². The fraction of sp³-hybridized carbons (Fsp3) is 0.625. The molecule has 2 nitrogen and oxygen atoms in total. The van der Waals surface area contributed by atoms with Crippen LogP contribution in [0.5, 0.6) is 0 Å². The number of aliphatic hydroxyl groups excluding tert-OH is 1. The summed E-state index contributed by atoms with van der Waals surface area (Å²) in [6.07, 6.45) is 11.9. The first kappa shape index (κ1) is 14.6. The van der Waals surface area contributed by atoms with Gasteiger partial charge in [-0.15, -0.1) is 0 Å². The lowest BCUT2D eigenvalue weighted by Crippen LogP contribution is -2.49. The van der Waals surface area contributed by atoms with Crippen molar-refractivity contribution in [3.05, 3.63) is 47.8 Å². The molecule has 0 aromatic carbocycles. The molecule has 2 heteroatoms. The van der Waals surface area contributed by atoms with Gasteiger partial charge >= 0.3 is 0 Å². The molecule has 0 saturated heterocycles. The van der Waals surface area contributed by atoms with Crippen LogP contribution in [0.4, 0.5) is 0 Å². The Morgan fingerprint density at radius 1 is 1.12 bits per heavy atom. The van der Waals surface area contributed by atoms with Crippen LogP contribution in [0.1, 0.15) is 67.1 Å². The highest BCUT2D eigenvalue weighted by Crippen LogP contribution is 2.66. The molecule has 4 aliphatic carbocycles. The summed E-state index contributed by atoms with van der Waals surface area (Å²) in [5.41, 5.74) is 3.71. The third kappa shape index (κ3) is 2.24. The largest absolute Gasteiger partial charge is 0.393 e. The summed E-state index contributed by atoms with van der Waals surface area (Å²) in [7, 11) is 0. The van der Waals surface area contributed by atoms with E-state index in [0.29, 0.717) is 24.2 Å². The van der Waals surface area contributed by atoms with Crippen molar-refractivity contribution in [1.82, 2.24) is 4.98 Å². The first-order valence-electron chi connectivity index (χ1n) is 11.3. The minimum atomic E-state index is -1.58. The summed E-state index contributed by atoms with van der Waals surface area (Å²) in [5, 5.41) is 10.3. The van der Waals surface area contributed by atoms with Gasteiger partial charge in [0.25, 0.3) is 0 Å². The normalized spacial score (nSPS) is 47.5. The first-order valence-corrected chi connectivity index (χ1v) is 10.3. The molecule has 1 aromatic rings. The molecule has 1 N–H and O–H groups in total. The third-order valence-corrected chi connectivity index (χ3v) is 8.28. The van der Waals surface area contributed by atoms with Gasteiger partial charge in [-0.3, -0.25) is 4.98 Å². The Hall–Kier alpha value is -1.41. The van der Waals surface area contributed by atoms with Crippen molar-refractivity contribution in [2.45, 2.75) is 64.8 Å². The van der Waals surface area contributed by atoms with Gasteiger partial charge in [-0.2, -0.15) is 0 Å². The van der Waals surface area contributed by atoms with Gasteiger partial charge in [0.15, 0.2) is 0 Å². The lowest BCUT2D eigenvalue weighted by Gasteiger charge is -2.57. The van der Waals surface area contributed by atoms with Crippen molar-refractivity contribution >= 4 is 5.57 Å². The SMILES string of the molecule is [2H]C1([2H])C2=CCC3C(CC[C@]4(C)C(c5cccnc5)=CCC34)[C@@]2(C)CC[C@@H]1O. The molecule has 1 heterocycles. The highest BCUT2D eigenvalue weighted by molar-refractivity contribution is 5.72. The van der Waals surface area contributed by atoms with Crippen LogP contribution in [-0.2, 0) is 0 Å². The zero-order chi connectivity index (χ0) is 19.7. The minimum absolute atomic E-state index is 0.107. The van der Waals surface area contributed by atoms with Gasteiger partial charge in [-0.25, -0.2) is 0 Å². The van der Waals surface area contributed by atoms with E-state index in [1.807, 2.05) is 18.5 Å². The summed E-state index contributed by atoms with van der Waals surface area (Å²) in [6.45, 7) is 4.73. The van der Waals surface area contributed by atoms with Crippen LogP contribution in [-0.4, -0.2) is 16.2 Å². The number of fused-ring (bicyclic) bond motifs is 5. The summed E-state index contributed by atoms with van der Waals surface area (Å²) in [5.74, 6) is 1.74. The van der Waals surface area contributed by atoms with E-state index in [-0.39, 0.29) is 10.8 Å². The van der Waals surface area contributed by atoms with Crippen LogP contribution in [0.15, 0.2) is 42.3 Å². The average Bonchev–Trinajstić information content (AvgIpc) is 3.03. The molecule has 0 bridgehead atoms. The van der Waals surface area contributed by atoms with Crippen molar-refractivity contribution in [1.29, 1.82) is 0 Å². The van der Waals surface area contributed by atoms with E-state index < -0.39 is 12.5 Å². The van der Waals surface area contributed by atoms with E-state index in [9.17, 15) is 5.11 Å². The minimum Gasteiger partial charge on any atom is -0.393 e. The van der Waals surface area contributed by atoms with Gasteiger partial charge in [-0.05, 0) is 90.7 Å². The van der Waals surface area contributed by atoms with E-state index in [1.54, 1.807) is 0 Å². The molecule has 0 aliphatic heterocycles. The second-order valence-corrected chi connectivity index (χ2v) is 9.40. The number of hydrogen-bond donors (Lipinski definition) is 1. The Labute approximate surface area is 160 Å². The second kappa shape index (κ2) is 5.79. The molecule has 6 atom stereocenters. The zero-order valence-corrected chi connectivity index (χ0v) is 15.9. The Bertz CT molecular complexity index is 847. The molecule has 1 aromatic heterocycles. The Balaban J connectivity index is 1.50. The molecule has 0 amide bonds. The highest BCUT2D eigenvalue weighted by Gasteiger charge is 2.56. The predicted molar refractivity (Wildman–Crippen MR) is 105 cm³/mol. The molecule has 3 unspecified atom stereocenters.